The lowest BCUT2D eigenvalue weighted by atomic mass is 10.2. The molecule has 0 amide bonds. The van der Waals surface area contributed by atoms with Crippen LogP contribution >= 0.6 is 15.9 Å². The quantitative estimate of drug-likeness (QED) is 0.915. The van der Waals surface area contributed by atoms with Crippen LogP contribution in [0.5, 0.6) is 11.6 Å². The molecule has 0 saturated heterocycles. The maximum atomic E-state index is 5.75. The van der Waals surface area contributed by atoms with E-state index in [0.717, 1.165) is 15.8 Å². The summed E-state index contributed by atoms with van der Waals surface area (Å²) in [6.07, 6.45) is 1.60. The third kappa shape index (κ3) is 2.58. The van der Waals surface area contributed by atoms with Gasteiger partial charge in [0.25, 0.3) is 0 Å². The summed E-state index contributed by atoms with van der Waals surface area (Å²) >= 11 is 3.44. The van der Waals surface area contributed by atoms with Crippen LogP contribution in [0, 0.1) is 13.8 Å². The van der Waals surface area contributed by atoms with Gasteiger partial charge in [0, 0.05) is 0 Å². The smallest absolute Gasteiger partial charge is 0.233 e. The van der Waals surface area contributed by atoms with Crippen LogP contribution in [0.2, 0.25) is 0 Å². The highest BCUT2D eigenvalue weighted by atomic mass is 79.9. The zero-order valence-electron chi connectivity index (χ0n) is 9.70. The number of nitrogen functional groups attached to an aromatic ring is 1. The van der Waals surface area contributed by atoms with E-state index in [1.807, 2.05) is 38.1 Å². The number of nitrogens with zero attached hydrogens (tertiary/aromatic N) is 1. The summed E-state index contributed by atoms with van der Waals surface area (Å²) in [5.74, 6) is 1.29. The molecule has 0 saturated carbocycles. The molecule has 0 bridgehead atoms. The summed E-state index contributed by atoms with van der Waals surface area (Å²) in [5.41, 5.74) is 8.53. The summed E-state index contributed by atoms with van der Waals surface area (Å²) in [7, 11) is 0. The largest absolute Gasteiger partial charge is 0.438 e. The molecule has 1 aromatic heterocycles. The number of nitrogens with two attached hydrogens (primary N) is 1. The van der Waals surface area contributed by atoms with Crippen molar-refractivity contribution in [3.05, 3.63) is 46.1 Å². The second-order valence-electron chi connectivity index (χ2n) is 3.87. The summed E-state index contributed by atoms with van der Waals surface area (Å²) < 4.78 is 6.48. The minimum atomic E-state index is 0.528. The van der Waals surface area contributed by atoms with Crippen LogP contribution in [0.1, 0.15) is 11.1 Å². The summed E-state index contributed by atoms with van der Waals surface area (Å²) in [6, 6.07) is 7.81. The minimum absolute atomic E-state index is 0.528. The minimum Gasteiger partial charge on any atom is -0.438 e. The van der Waals surface area contributed by atoms with Crippen molar-refractivity contribution >= 4 is 21.6 Å². The van der Waals surface area contributed by atoms with Crippen molar-refractivity contribution in [3.63, 3.8) is 0 Å². The second kappa shape index (κ2) is 4.75. The molecule has 0 atom stereocenters. The number of rotatable bonds is 2. The average Bonchev–Trinajstić information content (AvgIpc) is 2.33. The van der Waals surface area contributed by atoms with Crippen molar-refractivity contribution in [1.29, 1.82) is 0 Å². The topological polar surface area (TPSA) is 48.1 Å². The Morgan fingerprint density at radius 3 is 2.47 bits per heavy atom. The van der Waals surface area contributed by atoms with Gasteiger partial charge in [0.2, 0.25) is 5.88 Å². The molecule has 4 heteroatoms. The predicted octanol–water partition coefficient (Wildman–Crippen LogP) is 3.84. The van der Waals surface area contributed by atoms with E-state index in [9.17, 15) is 0 Å². The number of benzene rings is 1. The normalized spacial score (nSPS) is 10.3. The fourth-order valence-electron chi connectivity index (χ4n) is 1.36. The molecule has 2 aromatic rings. The highest BCUT2D eigenvalue weighted by Crippen LogP contribution is 2.32. The molecule has 0 aliphatic rings. The maximum absolute atomic E-state index is 5.75. The first-order chi connectivity index (χ1) is 8.08. The van der Waals surface area contributed by atoms with Crippen LogP contribution in [0.25, 0.3) is 0 Å². The van der Waals surface area contributed by atoms with Crippen LogP contribution in [0.4, 0.5) is 5.69 Å². The van der Waals surface area contributed by atoms with Crippen molar-refractivity contribution in [2.24, 2.45) is 0 Å². The lowest BCUT2D eigenvalue weighted by molar-refractivity contribution is 0.459. The molecule has 1 heterocycles. The molecule has 3 nitrogen and oxygen atoms in total. The van der Waals surface area contributed by atoms with Gasteiger partial charge in [0.1, 0.15) is 5.75 Å². The summed E-state index contributed by atoms with van der Waals surface area (Å²) in [5, 5.41) is 0. The highest BCUT2D eigenvalue weighted by Gasteiger charge is 2.09. The molecule has 0 unspecified atom stereocenters. The summed E-state index contributed by atoms with van der Waals surface area (Å²) in [4.78, 5) is 4.16. The molecule has 0 radical (unpaired) electrons. The first-order valence-electron chi connectivity index (χ1n) is 5.23. The van der Waals surface area contributed by atoms with Gasteiger partial charge in [-0.15, -0.1) is 0 Å². The molecular formula is C13H13BrN2O. The Kier molecular flexibility index (Phi) is 3.33. The van der Waals surface area contributed by atoms with Crippen LogP contribution in [0.3, 0.4) is 0 Å². The van der Waals surface area contributed by atoms with Gasteiger partial charge in [-0.1, -0.05) is 17.7 Å². The van der Waals surface area contributed by atoms with Crippen LogP contribution in [0.15, 0.2) is 34.9 Å². The first kappa shape index (κ1) is 11.9. The van der Waals surface area contributed by atoms with E-state index in [4.69, 9.17) is 10.5 Å². The standard InChI is InChI=1S/C13H13BrN2O/c1-8-3-5-10(6-4-8)17-13-12(14)9(2)11(15)7-16-13/h3-7H,15H2,1-2H3. The molecule has 2 rings (SSSR count). The Balaban J connectivity index is 2.30. The molecule has 88 valence electrons. The third-order valence-electron chi connectivity index (χ3n) is 2.51. The Morgan fingerprint density at radius 1 is 1.18 bits per heavy atom. The van der Waals surface area contributed by atoms with Gasteiger partial charge in [-0.25, -0.2) is 4.98 Å². The number of halogens is 1. The number of hydrogen-bond acceptors (Lipinski definition) is 3. The van der Waals surface area contributed by atoms with Crippen LogP contribution in [-0.2, 0) is 0 Å². The lowest BCUT2D eigenvalue weighted by Gasteiger charge is -2.09. The van der Waals surface area contributed by atoms with Gasteiger partial charge in [-0.3, -0.25) is 0 Å². The number of pyridine rings is 1. The monoisotopic (exact) mass is 292 g/mol. The Labute approximate surface area is 109 Å². The van der Waals surface area contributed by atoms with E-state index in [0.29, 0.717) is 11.6 Å². The van der Waals surface area contributed by atoms with E-state index < -0.39 is 0 Å². The van der Waals surface area contributed by atoms with Crippen molar-refractivity contribution in [1.82, 2.24) is 4.98 Å². The molecule has 0 aliphatic heterocycles. The number of aromatic nitrogens is 1. The maximum Gasteiger partial charge on any atom is 0.233 e. The molecule has 1 aromatic carbocycles. The van der Waals surface area contributed by atoms with Gasteiger partial charge >= 0.3 is 0 Å². The van der Waals surface area contributed by atoms with Crippen molar-refractivity contribution < 1.29 is 4.74 Å². The van der Waals surface area contributed by atoms with E-state index in [-0.39, 0.29) is 0 Å². The highest BCUT2D eigenvalue weighted by molar-refractivity contribution is 9.10. The Morgan fingerprint density at radius 2 is 1.82 bits per heavy atom. The van der Waals surface area contributed by atoms with Gasteiger partial charge in [-0.05, 0) is 47.5 Å². The van der Waals surface area contributed by atoms with Gasteiger partial charge < -0.3 is 10.5 Å². The fourth-order valence-corrected chi connectivity index (χ4v) is 1.77. The molecule has 0 fully saturated rings. The SMILES string of the molecule is Cc1ccc(Oc2ncc(N)c(C)c2Br)cc1. The zero-order valence-corrected chi connectivity index (χ0v) is 11.3. The zero-order chi connectivity index (χ0) is 12.4. The van der Waals surface area contributed by atoms with E-state index in [1.165, 1.54) is 5.56 Å². The molecular weight excluding hydrogens is 280 g/mol. The third-order valence-corrected chi connectivity index (χ3v) is 3.44. The number of ether oxygens (including phenoxy) is 1. The van der Waals surface area contributed by atoms with E-state index in [1.54, 1.807) is 6.20 Å². The Bertz CT molecular complexity index is 538. The predicted molar refractivity (Wildman–Crippen MR) is 72.3 cm³/mol. The van der Waals surface area contributed by atoms with Crippen molar-refractivity contribution in [2.45, 2.75) is 13.8 Å². The molecule has 0 spiro atoms. The van der Waals surface area contributed by atoms with Crippen molar-refractivity contribution in [3.8, 4) is 11.6 Å². The van der Waals surface area contributed by atoms with E-state index >= 15 is 0 Å². The average molecular weight is 293 g/mol. The van der Waals surface area contributed by atoms with Crippen LogP contribution in [-0.4, -0.2) is 4.98 Å². The van der Waals surface area contributed by atoms with E-state index in [2.05, 4.69) is 20.9 Å². The van der Waals surface area contributed by atoms with Gasteiger partial charge in [0.15, 0.2) is 0 Å². The first-order valence-corrected chi connectivity index (χ1v) is 6.02. The second-order valence-corrected chi connectivity index (χ2v) is 4.67. The van der Waals surface area contributed by atoms with Crippen molar-refractivity contribution in [2.75, 3.05) is 5.73 Å². The Hall–Kier alpha value is -1.55. The molecule has 2 N–H and O–H groups in total. The molecule has 17 heavy (non-hydrogen) atoms. The molecule has 0 aliphatic carbocycles. The fraction of sp³-hybridized carbons (Fsp3) is 0.154. The number of hydrogen-bond donors (Lipinski definition) is 1. The van der Waals surface area contributed by atoms with Crippen LogP contribution < -0.4 is 10.5 Å². The number of aryl methyl sites for hydroxylation is 1. The lowest BCUT2D eigenvalue weighted by Crippen LogP contribution is -1.96. The number of anilines is 1. The summed E-state index contributed by atoms with van der Waals surface area (Å²) in [6.45, 7) is 3.95. The van der Waals surface area contributed by atoms with Gasteiger partial charge in [0.05, 0.1) is 16.4 Å². The van der Waals surface area contributed by atoms with Gasteiger partial charge in [-0.2, -0.15) is 0 Å².